The van der Waals surface area contributed by atoms with E-state index in [1.54, 1.807) is 23.5 Å². The van der Waals surface area contributed by atoms with Crippen LogP contribution in [0.1, 0.15) is 17.1 Å². The van der Waals surface area contributed by atoms with E-state index >= 15 is 0 Å². The number of aryl methyl sites for hydroxylation is 2. The first kappa shape index (κ1) is 17.9. The Morgan fingerprint density at radius 1 is 1.48 bits per heavy atom. The normalized spacial score (nSPS) is 13.4. The molecule has 0 fully saturated rings. The minimum Gasteiger partial charge on any atom is -0.482 e. The summed E-state index contributed by atoms with van der Waals surface area (Å²) in [5.41, 5.74) is 1.65. The van der Waals surface area contributed by atoms with Crippen molar-refractivity contribution >= 4 is 44.8 Å². The van der Waals surface area contributed by atoms with Gasteiger partial charge in [0.2, 0.25) is 5.91 Å². The van der Waals surface area contributed by atoms with Crippen LogP contribution < -0.4 is 15.0 Å². The summed E-state index contributed by atoms with van der Waals surface area (Å²) in [6.07, 6.45) is 1.66. The first-order valence-electron chi connectivity index (χ1n) is 7.93. The number of thiazole rings is 1. The molecule has 3 rings (SSSR count). The predicted molar refractivity (Wildman–Crippen MR) is 100 cm³/mol. The molecule has 0 saturated carbocycles. The molecule has 0 spiro atoms. The number of ether oxygens (including phenoxy) is 1. The van der Waals surface area contributed by atoms with E-state index in [0.717, 1.165) is 28.0 Å². The van der Waals surface area contributed by atoms with Gasteiger partial charge in [-0.15, -0.1) is 11.3 Å². The van der Waals surface area contributed by atoms with Crippen molar-refractivity contribution in [3.63, 3.8) is 0 Å². The Balaban J connectivity index is 1.51. The van der Waals surface area contributed by atoms with Crippen molar-refractivity contribution in [3.05, 3.63) is 38.8 Å². The maximum Gasteiger partial charge on any atom is 0.265 e. The van der Waals surface area contributed by atoms with E-state index in [9.17, 15) is 9.59 Å². The highest BCUT2D eigenvalue weighted by atomic mass is 79.9. The predicted octanol–water partition coefficient (Wildman–Crippen LogP) is 2.69. The Morgan fingerprint density at radius 2 is 2.32 bits per heavy atom. The lowest BCUT2D eigenvalue weighted by Crippen LogP contribution is -2.45. The topological polar surface area (TPSA) is 71.5 Å². The summed E-state index contributed by atoms with van der Waals surface area (Å²) in [4.78, 5) is 30.1. The van der Waals surface area contributed by atoms with Gasteiger partial charge < -0.3 is 10.1 Å². The highest BCUT2D eigenvalue weighted by molar-refractivity contribution is 9.10. The fourth-order valence-electron chi connectivity index (χ4n) is 2.54. The van der Waals surface area contributed by atoms with Gasteiger partial charge in [0.1, 0.15) is 12.3 Å². The molecular formula is C17H18BrN3O3S. The number of nitrogens with zero attached hydrogens (tertiary/aromatic N) is 2. The Bertz CT molecular complexity index is 793. The molecule has 1 N–H and O–H groups in total. The third kappa shape index (κ3) is 4.58. The first-order valence-corrected chi connectivity index (χ1v) is 9.60. The van der Waals surface area contributed by atoms with Crippen LogP contribution in [0.4, 0.5) is 5.69 Å². The molecule has 2 heterocycles. The third-order valence-corrected chi connectivity index (χ3v) is 5.24. The lowest BCUT2D eigenvalue weighted by atomic mass is 10.2. The summed E-state index contributed by atoms with van der Waals surface area (Å²) >= 11 is 5.01. The number of rotatable bonds is 6. The average Bonchev–Trinajstić information content (AvgIpc) is 2.99. The molecule has 2 aromatic rings. The number of anilines is 1. The summed E-state index contributed by atoms with van der Waals surface area (Å²) in [6, 6.07) is 5.39. The number of carbonyl (C=O) groups is 2. The van der Waals surface area contributed by atoms with Crippen LogP contribution in [-0.2, 0) is 16.0 Å². The number of benzene rings is 1. The van der Waals surface area contributed by atoms with E-state index in [1.807, 2.05) is 18.4 Å². The maximum atomic E-state index is 12.2. The second-order valence-electron chi connectivity index (χ2n) is 5.72. The highest BCUT2D eigenvalue weighted by Crippen LogP contribution is 2.34. The number of aromatic nitrogens is 1. The van der Waals surface area contributed by atoms with Gasteiger partial charge in [0.05, 0.1) is 10.7 Å². The molecule has 0 bridgehead atoms. The molecule has 0 saturated heterocycles. The fourth-order valence-corrected chi connectivity index (χ4v) is 3.69. The number of nitrogens with one attached hydrogen (secondary N) is 1. The number of amides is 2. The molecule has 1 aliphatic rings. The van der Waals surface area contributed by atoms with Crippen LogP contribution >= 0.6 is 27.3 Å². The van der Waals surface area contributed by atoms with Gasteiger partial charge in [0, 0.05) is 28.5 Å². The van der Waals surface area contributed by atoms with Crippen molar-refractivity contribution in [1.82, 2.24) is 10.3 Å². The van der Waals surface area contributed by atoms with E-state index in [0.29, 0.717) is 18.0 Å². The van der Waals surface area contributed by atoms with Gasteiger partial charge in [0.25, 0.3) is 5.91 Å². The molecule has 0 atom stereocenters. The monoisotopic (exact) mass is 423 g/mol. The average molecular weight is 424 g/mol. The lowest BCUT2D eigenvalue weighted by Gasteiger charge is -2.29. The highest BCUT2D eigenvalue weighted by Gasteiger charge is 2.27. The minimum atomic E-state index is -0.219. The van der Waals surface area contributed by atoms with Gasteiger partial charge in [-0.3, -0.25) is 14.5 Å². The zero-order chi connectivity index (χ0) is 17.8. The van der Waals surface area contributed by atoms with Crippen LogP contribution in [0.25, 0.3) is 0 Å². The summed E-state index contributed by atoms with van der Waals surface area (Å²) in [6.45, 7) is 2.47. The zero-order valence-electron chi connectivity index (χ0n) is 13.8. The largest absolute Gasteiger partial charge is 0.482 e. The first-order chi connectivity index (χ1) is 12.0. The van der Waals surface area contributed by atoms with Crippen molar-refractivity contribution in [3.8, 4) is 5.75 Å². The molecule has 0 radical (unpaired) electrons. The summed E-state index contributed by atoms with van der Waals surface area (Å²) in [5, 5.41) is 5.96. The smallest absolute Gasteiger partial charge is 0.265 e. The third-order valence-electron chi connectivity index (χ3n) is 3.72. The van der Waals surface area contributed by atoms with Crippen molar-refractivity contribution in [2.45, 2.75) is 19.8 Å². The van der Waals surface area contributed by atoms with Crippen molar-refractivity contribution < 1.29 is 14.3 Å². The Kier molecular flexibility index (Phi) is 5.70. The summed E-state index contributed by atoms with van der Waals surface area (Å²) in [7, 11) is 0. The standard InChI is InChI=1S/C17H18BrN3O3S/c1-11-10-25-16(20-11)3-2-6-19-15(22)8-21-13-5-4-12(18)7-14(13)24-9-17(21)23/h4-5,7,10H,2-3,6,8-9H2,1H3,(H,19,22). The van der Waals surface area contributed by atoms with Crippen LogP contribution in [0.15, 0.2) is 28.1 Å². The number of hydrogen-bond donors (Lipinski definition) is 1. The van der Waals surface area contributed by atoms with E-state index in [4.69, 9.17) is 4.74 Å². The summed E-state index contributed by atoms with van der Waals surface area (Å²) < 4.78 is 6.28. The van der Waals surface area contributed by atoms with Crippen molar-refractivity contribution in [2.24, 2.45) is 0 Å². The molecule has 1 aromatic heterocycles. The van der Waals surface area contributed by atoms with Gasteiger partial charge in [0.15, 0.2) is 6.61 Å². The molecule has 132 valence electrons. The Hall–Kier alpha value is -1.93. The molecule has 1 aliphatic heterocycles. The van der Waals surface area contributed by atoms with Gasteiger partial charge in [-0.2, -0.15) is 0 Å². The molecule has 1 aromatic carbocycles. The Labute approximate surface area is 158 Å². The fraction of sp³-hybridized carbons (Fsp3) is 0.353. The van der Waals surface area contributed by atoms with E-state index in [1.165, 1.54) is 4.90 Å². The second kappa shape index (κ2) is 7.97. The van der Waals surface area contributed by atoms with Gasteiger partial charge in [-0.25, -0.2) is 4.98 Å². The van der Waals surface area contributed by atoms with E-state index in [-0.39, 0.29) is 25.0 Å². The van der Waals surface area contributed by atoms with Crippen LogP contribution in [-0.4, -0.2) is 36.5 Å². The molecule has 2 amide bonds. The van der Waals surface area contributed by atoms with Gasteiger partial charge in [-0.05, 0) is 31.5 Å². The van der Waals surface area contributed by atoms with Gasteiger partial charge in [-0.1, -0.05) is 15.9 Å². The molecule has 25 heavy (non-hydrogen) atoms. The number of carbonyl (C=O) groups excluding carboxylic acids is 2. The zero-order valence-corrected chi connectivity index (χ0v) is 16.2. The number of hydrogen-bond acceptors (Lipinski definition) is 5. The van der Waals surface area contributed by atoms with Crippen LogP contribution in [0, 0.1) is 6.92 Å². The van der Waals surface area contributed by atoms with Gasteiger partial charge >= 0.3 is 0 Å². The Morgan fingerprint density at radius 3 is 3.08 bits per heavy atom. The maximum absolute atomic E-state index is 12.2. The van der Waals surface area contributed by atoms with E-state index < -0.39 is 0 Å². The van der Waals surface area contributed by atoms with Crippen molar-refractivity contribution in [1.29, 1.82) is 0 Å². The van der Waals surface area contributed by atoms with Crippen molar-refractivity contribution in [2.75, 3.05) is 24.6 Å². The minimum absolute atomic E-state index is 0.00676. The second-order valence-corrected chi connectivity index (χ2v) is 7.58. The van der Waals surface area contributed by atoms with Crippen LogP contribution in [0.5, 0.6) is 5.75 Å². The molecule has 0 aliphatic carbocycles. The number of halogens is 1. The lowest BCUT2D eigenvalue weighted by molar-refractivity contribution is -0.125. The summed E-state index contributed by atoms with van der Waals surface area (Å²) in [5.74, 6) is 0.198. The van der Waals surface area contributed by atoms with E-state index in [2.05, 4.69) is 26.2 Å². The number of fused-ring (bicyclic) bond motifs is 1. The molecule has 0 unspecified atom stereocenters. The SMILES string of the molecule is Cc1csc(CCCNC(=O)CN2C(=O)COc3cc(Br)ccc32)n1. The quantitative estimate of drug-likeness (QED) is 0.724. The molecule has 8 heteroatoms. The molecule has 6 nitrogen and oxygen atoms in total. The molecular weight excluding hydrogens is 406 g/mol. The van der Waals surface area contributed by atoms with Crippen LogP contribution in [0.2, 0.25) is 0 Å². The van der Waals surface area contributed by atoms with Crippen LogP contribution in [0.3, 0.4) is 0 Å².